The molecule has 2 fully saturated rings. The van der Waals surface area contributed by atoms with Gasteiger partial charge in [-0.2, -0.15) is 0 Å². The average molecular weight is 470 g/mol. The zero-order chi connectivity index (χ0) is 17.8. The van der Waals surface area contributed by atoms with Crippen LogP contribution in [0.3, 0.4) is 0 Å². The van der Waals surface area contributed by atoms with Crippen LogP contribution < -0.4 is 0 Å². The van der Waals surface area contributed by atoms with Crippen LogP contribution in [0.1, 0.15) is 27.2 Å². The van der Waals surface area contributed by atoms with Crippen LogP contribution in [0, 0.1) is 0 Å². The number of carbonyl (C=O) groups excluding carboxylic acids is 2. The summed E-state index contributed by atoms with van der Waals surface area (Å²) < 4.78 is 1.69. The number of amides is 1. The van der Waals surface area contributed by atoms with Crippen molar-refractivity contribution < 1.29 is 19.4 Å². The van der Waals surface area contributed by atoms with E-state index in [0.29, 0.717) is 6.42 Å². The number of esters is 1. The number of carbonyl (C=O) groups is 2. The predicted octanol–water partition coefficient (Wildman–Crippen LogP) is 2.87. The predicted molar refractivity (Wildman–Crippen MR) is 95.3 cm³/mol. The molecule has 2 aliphatic heterocycles. The van der Waals surface area contributed by atoms with Gasteiger partial charge in [-0.1, -0.05) is 57.7 Å². The van der Waals surface area contributed by atoms with E-state index in [1.807, 2.05) is 13.8 Å². The summed E-state index contributed by atoms with van der Waals surface area (Å²) in [5, 5.41) is 9.83. The van der Waals surface area contributed by atoms with Crippen LogP contribution >= 0.6 is 62.5 Å². The van der Waals surface area contributed by atoms with Gasteiger partial charge in [-0.3, -0.25) is 4.79 Å². The molecule has 10 heteroatoms. The molecule has 0 aromatic rings. The van der Waals surface area contributed by atoms with E-state index < -0.39 is 37.6 Å². The van der Waals surface area contributed by atoms with Crippen LogP contribution in [0.5, 0.6) is 0 Å². The van der Waals surface area contributed by atoms with E-state index in [2.05, 4.69) is 15.9 Å². The molecule has 5 nitrogen and oxygen atoms in total. The number of halogens is 4. The minimum absolute atomic E-state index is 0.328. The van der Waals surface area contributed by atoms with Crippen molar-refractivity contribution in [2.24, 2.45) is 0 Å². The second kappa shape index (κ2) is 6.40. The Morgan fingerprint density at radius 1 is 1.52 bits per heavy atom. The van der Waals surface area contributed by atoms with Crippen LogP contribution in [-0.4, -0.2) is 58.9 Å². The standard InChI is InChI=1S/C13H17BrCl3NO4S/c1-4-6(19)13(14)9(21)18-7(11(2,3)23-10(13)18)8(20)22-5-12(15,16)17/h6-7,10,19H,4-5H2,1-3H3/t6-,7+,10-,13+/m1/s1. The summed E-state index contributed by atoms with van der Waals surface area (Å²) in [5.74, 6) is -0.948. The third kappa shape index (κ3) is 3.34. The summed E-state index contributed by atoms with van der Waals surface area (Å²) in [4.78, 5) is 26.4. The summed E-state index contributed by atoms with van der Waals surface area (Å²) in [7, 11) is 0. The highest BCUT2D eigenvalue weighted by Crippen LogP contribution is 2.59. The SMILES string of the molecule is CC[C@@H](O)[C@]1(Br)C(=O)N2[C@@H](C(=O)OCC(Cl)(Cl)Cl)C(C)(C)S[C@@H]21. The lowest BCUT2D eigenvalue weighted by atomic mass is 9.86. The van der Waals surface area contributed by atoms with E-state index in [1.54, 1.807) is 6.92 Å². The van der Waals surface area contributed by atoms with Crippen molar-refractivity contribution in [1.82, 2.24) is 4.90 Å². The maximum absolute atomic E-state index is 12.6. The molecule has 0 spiro atoms. The van der Waals surface area contributed by atoms with Crippen molar-refractivity contribution in [1.29, 1.82) is 0 Å². The summed E-state index contributed by atoms with van der Waals surface area (Å²) in [6, 6.07) is -0.799. The van der Waals surface area contributed by atoms with Gasteiger partial charge < -0.3 is 14.7 Å². The van der Waals surface area contributed by atoms with Crippen molar-refractivity contribution in [3.05, 3.63) is 0 Å². The fraction of sp³-hybridized carbons (Fsp3) is 0.846. The number of hydrogen-bond donors (Lipinski definition) is 1. The number of aliphatic hydroxyl groups excluding tert-OH is 1. The fourth-order valence-electron chi connectivity index (χ4n) is 2.86. The van der Waals surface area contributed by atoms with Crippen molar-refractivity contribution in [3.63, 3.8) is 0 Å². The van der Waals surface area contributed by atoms with Crippen molar-refractivity contribution in [2.45, 2.75) is 57.6 Å². The van der Waals surface area contributed by atoms with Crippen molar-refractivity contribution in [2.75, 3.05) is 6.61 Å². The highest BCUT2D eigenvalue weighted by molar-refractivity contribution is 9.10. The molecule has 0 aromatic carbocycles. The monoisotopic (exact) mass is 467 g/mol. The van der Waals surface area contributed by atoms with Gasteiger partial charge in [0.25, 0.3) is 0 Å². The summed E-state index contributed by atoms with van der Waals surface area (Å²) in [6.45, 7) is 5.09. The summed E-state index contributed by atoms with van der Waals surface area (Å²) >= 11 is 21.6. The van der Waals surface area contributed by atoms with E-state index in [9.17, 15) is 14.7 Å². The molecule has 1 N–H and O–H groups in total. The second-order valence-electron chi connectivity index (χ2n) is 6.10. The number of alkyl halides is 4. The minimum Gasteiger partial charge on any atom is -0.460 e. The Hall–Kier alpha value is 0.600. The molecule has 0 aliphatic carbocycles. The highest BCUT2D eigenvalue weighted by atomic mass is 79.9. The van der Waals surface area contributed by atoms with Crippen LogP contribution in [0.2, 0.25) is 0 Å². The molecule has 0 radical (unpaired) electrons. The van der Waals surface area contributed by atoms with Gasteiger partial charge in [-0.15, -0.1) is 11.8 Å². The third-order valence-corrected chi connectivity index (χ3v) is 7.58. The Morgan fingerprint density at radius 3 is 2.57 bits per heavy atom. The largest absolute Gasteiger partial charge is 0.460 e. The first-order valence-corrected chi connectivity index (χ1v) is 9.78. The topological polar surface area (TPSA) is 66.8 Å². The van der Waals surface area contributed by atoms with Gasteiger partial charge in [0.1, 0.15) is 18.0 Å². The molecule has 0 saturated carbocycles. The van der Waals surface area contributed by atoms with Crippen molar-refractivity contribution >= 4 is 74.4 Å². The Labute approximate surface area is 162 Å². The van der Waals surface area contributed by atoms with Gasteiger partial charge in [0.2, 0.25) is 9.70 Å². The van der Waals surface area contributed by atoms with E-state index in [4.69, 9.17) is 39.5 Å². The molecule has 0 unspecified atom stereocenters. The number of aliphatic hydroxyl groups is 1. The molecule has 2 aliphatic rings. The van der Waals surface area contributed by atoms with Gasteiger partial charge in [-0.05, 0) is 20.3 Å². The molecular formula is C13H17BrCl3NO4S. The lowest BCUT2D eigenvalue weighted by Crippen LogP contribution is -2.74. The number of hydrogen-bond acceptors (Lipinski definition) is 5. The van der Waals surface area contributed by atoms with Crippen LogP contribution in [0.25, 0.3) is 0 Å². The number of nitrogens with zero attached hydrogens (tertiary/aromatic N) is 1. The average Bonchev–Trinajstić information content (AvgIpc) is 2.71. The molecule has 2 saturated heterocycles. The van der Waals surface area contributed by atoms with Gasteiger partial charge >= 0.3 is 5.97 Å². The second-order valence-corrected chi connectivity index (χ2v) is 11.7. The number of thioether (sulfide) groups is 1. The van der Waals surface area contributed by atoms with Crippen molar-refractivity contribution in [3.8, 4) is 0 Å². The first kappa shape index (κ1) is 19.9. The third-order valence-electron chi connectivity index (χ3n) is 4.00. The lowest BCUT2D eigenvalue weighted by molar-refractivity contribution is -0.167. The molecule has 132 valence electrons. The van der Waals surface area contributed by atoms with E-state index in [1.165, 1.54) is 16.7 Å². The van der Waals surface area contributed by atoms with Gasteiger partial charge in [-0.25, -0.2) is 4.79 Å². The Bertz CT molecular complexity index is 530. The zero-order valence-electron chi connectivity index (χ0n) is 12.7. The molecule has 2 rings (SSSR count). The Kier molecular flexibility index (Phi) is 5.54. The van der Waals surface area contributed by atoms with E-state index in [-0.39, 0.29) is 11.3 Å². The Balaban J connectivity index is 2.20. The highest BCUT2D eigenvalue weighted by Gasteiger charge is 2.72. The first-order valence-electron chi connectivity index (χ1n) is 6.97. The first-order chi connectivity index (χ1) is 10.4. The molecule has 4 atom stereocenters. The van der Waals surface area contributed by atoms with Gasteiger partial charge in [0.15, 0.2) is 4.32 Å². The molecule has 1 amide bonds. The van der Waals surface area contributed by atoms with Crippen LogP contribution in [-0.2, 0) is 14.3 Å². The molecule has 0 aromatic heterocycles. The molecule has 23 heavy (non-hydrogen) atoms. The molecular weight excluding hydrogens is 452 g/mol. The number of rotatable bonds is 4. The van der Waals surface area contributed by atoms with E-state index >= 15 is 0 Å². The van der Waals surface area contributed by atoms with Gasteiger partial charge in [0, 0.05) is 4.75 Å². The number of fused-ring (bicyclic) bond motifs is 1. The Morgan fingerprint density at radius 2 is 2.09 bits per heavy atom. The summed E-state index contributed by atoms with van der Waals surface area (Å²) in [5.41, 5.74) is 0. The minimum atomic E-state index is -1.71. The smallest absolute Gasteiger partial charge is 0.330 e. The number of ether oxygens (including phenoxy) is 1. The number of β-lactam (4-membered cyclic amide) rings is 1. The van der Waals surface area contributed by atoms with Gasteiger partial charge in [0.05, 0.1) is 6.10 Å². The van der Waals surface area contributed by atoms with E-state index in [0.717, 1.165) is 0 Å². The fourth-order valence-corrected chi connectivity index (χ4v) is 5.73. The zero-order valence-corrected chi connectivity index (χ0v) is 17.4. The quantitative estimate of drug-likeness (QED) is 0.390. The maximum atomic E-state index is 12.6. The van der Waals surface area contributed by atoms with Crippen LogP contribution in [0.4, 0.5) is 0 Å². The lowest BCUT2D eigenvalue weighted by Gasteiger charge is -2.51. The maximum Gasteiger partial charge on any atom is 0.330 e. The van der Waals surface area contributed by atoms with Crippen LogP contribution in [0.15, 0.2) is 0 Å². The molecule has 2 heterocycles. The normalized spacial score (nSPS) is 33.9. The molecule has 0 bridgehead atoms. The summed E-state index contributed by atoms with van der Waals surface area (Å²) in [6.07, 6.45) is -0.416.